The first-order chi connectivity index (χ1) is 14.5. The molecule has 1 saturated heterocycles. The zero-order chi connectivity index (χ0) is 21.1. The lowest BCUT2D eigenvalue weighted by Gasteiger charge is -2.36. The molecular formula is C22H20F2N4O2. The molecule has 0 saturated carbocycles. The summed E-state index contributed by atoms with van der Waals surface area (Å²) in [5.74, 6) is -0.930. The Morgan fingerprint density at radius 2 is 1.60 bits per heavy atom. The number of carbonyl (C=O) groups is 1. The van der Waals surface area contributed by atoms with Crippen molar-refractivity contribution in [1.29, 1.82) is 0 Å². The normalized spacial score (nSPS) is 14.1. The van der Waals surface area contributed by atoms with Crippen molar-refractivity contribution in [2.45, 2.75) is 6.54 Å². The number of halogens is 2. The number of piperazine rings is 1. The predicted molar refractivity (Wildman–Crippen MR) is 109 cm³/mol. The molecule has 0 unspecified atom stereocenters. The van der Waals surface area contributed by atoms with Crippen molar-refractivity contribution < 1.29 is 13.6 Å². The first-order valence-corrected chi connectivity index (χ1v) is 9.62. The highest BCUT2D eigenvalue weighted by molar-refractivity contribution is 5.92. The molecule has 0 N–H and O–H groups in total. The quantitative estimate of drug-likeness (QED) is 0.663. The Bertz CT molecular complexity index is 1110. The molecule has 0 radical (unpaired) electrons. The molecule has 6 nitrogen and oxygen atoms in total. The summed E-state index contributed by atoms with van der Waals surface area (Å²) >= 11 is 0. The van der Waals surface area contributed by atoms with E-state index in [1.54, 1.807) is 35.2 Å². The monoisotopic (exact) mass is 410 g/mol. The van der Waals surface area contributed by atoms with Gasteiger partial charge in [-0.05, 0) is 35.9 Å². The number of aromatic nitrogens is 2. The van der Waals surface area contributed by atoms with Crippen LogP contribution in [-0.2, 0) is 6.54 Å². The fourth-order valence-corrected chi connectivity index (χ4v) is 3.46. The molecule has 8 heteroatoms. The van der Waals surface area contributed by atoms with Crippen LogP contribution in [-0.4, -0.2) is 46.8 Å². The molecule has 2 heterocycles. The summed E-state index contributed by atoms with van der Waals surface area (Å²) in [5, 5.41) is 4.20. The number of nitrogens with zero attached hydrogens (tertiary/aromatic N) is 4. The van der Waals surface area contributed by atoms with Gasteiger partial charge < -0.3 is 9.80 Å². The topological polar surface area (TPSA) is 58.4 Å². The number of para-hydroxylation sites is 1. The molecule has 4 rings (SSSR count). The van der Waals surface area contributed by atoms with Crippen LogP contribution < -0.4 is 10.5 Å². The maximum atomic E-state index is 14.0. The molecule has 0 bridgehead atoms. The maximum absolute atomic E-state index is 14.0. The van der Waals surface area contributed by atoms with Crippen LogP contribution in [0.5, 0.6) is 0 Å². The number of amides is 1. The van der Waals surface area contributed by atoms with Crippen LogP contribution in [0.4, 0.5) is 14.5 Å². The lowest BCUT2D eigenvalue weighted by Crippen LogP contribution is -2.49. The molecule has 154 valence electrons. The summed E-state index contributed by atoms with van der Waals surface area (Å²) in [7, 11) is 0. The van der Waals surface area contributed by atoms with E-state index < -0.39 is 0 Å². The lowest BCUT2D eigenvalue weighted by atomic mass is 10.2. The van der Waals surface area contributed by atoms with E-state index in [2.05, 4.69) is 5.10 Å². The van der Waals surface area contributed by atoms with Crippen LogP contribution in [0.25, 0.3) is 0 Å². The van der Waals surface area contributed by atoms with Crippen LogP contribution in [0.2, 0.25) is 0 Å². The first kappa shape index (κ1) is 19.8. The van der Waals surface area contributed by atoms with E-state index in [1.807, 2.05) is 4.90 Å². The van der Waals surface area contributed by atoms with Crippen molar-refractivity contribution in [2.75, 3.05) is 31.1 Å². The number of anilines is 1. The summed E-state index contributed by atoms with van der Waals surface area (Å²) in [4.78, 5) is 28.6. The second kappa shape index (κ2) is 8.44. The van der Waals surface area contributed by atoms with E-state index in [4.69, 9.17) is 0 Å². The van der Waals surface area contributed by atoms with Crippen molar-refractivity contribution in [3.05, 3.63) is 93.9 Å². The fraction of sp³-hybridized carbons (Fsp3) is 0.227. The molecule has 3 aromatic rings. The van der Waals surface area contributed by atoms with Gasteiger partial charge in [-0.3, -0.25) is 9.59 Å². The molecule has 1 aliphatic heterocycles. The molecule has 1 aromatic heterocycles. The van der Waals surface area contributed by atoms with Crippen LogP contribution in [0.1, 0.15) is 16.1 Å². The van der Waals surface area contributed by atoms with Gasteiger partial charge in [0.25, 0.3) is 11.5 Å². The van der Waals surface area contributed by atoms with Crippen molar-refractivity contribution in [2.24, 2.45) is 0 Å². The zero-order valence-corrected chi connectivity index (χ0v) is 16.2. The van der Waals surface area contributed by atoms with Crippen molar-refractivity contribution in [3.8, 4) is 0 Å². The van der Waals surface area contributed by atoms with Gasteiger partial charge in [0, 0.05) is 32.2 Å². The zero-order valence-electron chi connectivity index (χ0n) is 16.2. The van der Waals surface area contributed by atoms with E-state index in [-0.39, 0.29) is 35.3 Å². The van der Waals surface area contributed by atoms with Crippen LogP contribution in [0.15, 0.2) is 65.5 Å². The average molecular weight is 410 g/mol. The Hall–Kier alpha value is -3.55. The van der Waals surface area contributed by atoms with Crippen LogP contribution in [0, 0.1) is 11.6 Å². The Labute approximate surface area is 172 Å². The third kappa shape index (κ3) is 4.22. The summed E-state index contributed by atoms with van der Waals surface area (Å²) in [6.07, 6.45) is 0. The van der Waals surface area contributed by atoms with E-state index in [0.717, 1.165) is 0 Å². The average Bonchev–Trinajstić information content (AvgIpc) is 2.77. The number of benzene rings is 2. The van der Waals surface area contributed by atoms with E-state index in [0.29, 0.717) is 37.4 Å². The van der Waals surface area contributed by atoms with Crippen molar-refractivity contribution in [3.63, 3.8) is 0 Å². The number of hydrogen-bond donors (Lipinski definition) is 0. The Kier molecular flexibility index (Phi) is 5.56. The van der Waals surface area contributed by atoms with Crippen LogP contribution >= 0.6 is 0 Å². The summed E-state index contributed by atoms with van der Waals surface area (Å²) < 4.78 is 28.3. The fourth-order valence-electron chi connectivity index (χ4n) is 3.46. The Balaban J connectivity index is 1.45. The van der Waals surface area contributed by atoms with Gasteiger partial charge in [-0.25, -0.2) is 13.5 Å². The van der Waals surface area contributed by atoms with Crippen molar-refractivity contribution in [1.82, 2.24) is 14.7 Å². The second-order valence-corrected chi connectivity index (χ2v) is 7.07. The third-order valence-electron chi connectivity index (χ3n) is 5.09. The van der Waals surface area contributed by atoms with Gasteiger partial charge in [-0.2, -0.15) is 5.10 Å². The van der Waals surface area contributed by atoms with Crippen LogP contribution in [0.3, 0.4) is 0 Å². The summed E-state index contributed by atoms with van der Waals surface area (Å²) in [5.41, 5.74) is 1.04. The standard InChI is InChI=1S/C22H20F2N4O2/c23-17-7-5-16(6-8-17)15-28-21(29)10-9-19(25-28)22(30)27-13-11-26(12-14-27)20-4-2-1-3-18(20)24/h1-10H,11-15H2. The van der Waals surface area contributed by atoms with Gasteiger partial charge in [0.1, 0.15) is 17.3 Å². The highest BCUT2D eigenvalue weighted by Gasteiger charge is 2.24. The van der Waals surface area contributed by atoms with Gasteiger partial charge in [0.05, 0.1) is 12.2 Å². The summed E-state index contributed by atoms with van der Waals surface area (Å²) in [6, 6.07) is 15.0. The third-order valence-corrected chi connectivity index (χ3v) is 5.09. The molecule has 1 amide bonds. The van der Waals surface area contributed by atoms with Gasteiger partial charge in [0.15, 0.2) is 0 Å². The number of hydrogen-bond acceptors (Lipinski definition) is 4. The second-order valence-electron chi connectivity index (χ2n) is 7.07. The highest BCUT2D eigenvalue weighted by Crippen LogP contribution is 2.20. The predicted octanol–water partition coefficient (Wildman–Crippen LogP) is 2.53. The molecule has 2 aromatic carbocycles. The SMILES string of the molecule is O=C(c1ccc(=O)n(Cc2ccc(F)cc2)n1)N1CCN(c2ccccc2F)CC1. The molecule has 0 atom stereocenters. The molecular weight excluding hydrogens is 390 g/mol. The maximum Gasteiger partial charge on any atom is 0.274 e. The number of rotatable bonds is 4. The van der Waals surface area contributed by atoms with Crippen molar-refractivity contribution >= 4 is 11.6 Å². The highest BCUT2D eigenvalue weighted by atomic mass is 19.1. The van der Waals surface area contributed by atoms with E-state index >= 15 is 0 Å². The molecule has 1 fully saturated rings. The minimum atomic E-state index is -0.363. The smallest absolute Gasteiger partial charge is 0.274 e. The molecule has 0 aliphatic carbocycles. The van der Waals surface area contributed by atoms with Gasteiger partial charge >= 0.3 is 0 Å². The summed E-state index contributed by atoms with van der Waals surface area (Å²) in [6.45, 7) is 1.99. The van der Waals surface area contributed by atoms with E-state index in [9.17, 15) is 18.4 Å². The van der Waals surface area contributed by atoms with Gasteiger partial charge in [0.2, 0.25) is 0 Å². The minimum absolute atomic E-state index is 0.140. The minimum Gasteiger partial charge on any atom is -0.366 e. The Morgan fingerprint density at radius 3 is 2.30 bits per heavy atom. The largest absolute Gasteiger partial charge is 0.366 e. The molecule has 1 aliphatic rings. The number of carbonyl (C=O) groups excluding carboxylic acids is 1. The first-order valence-electron chi connectivity index (χ1n) is 9.62. The Morgan fingerprint density at radius 1 is 0.900 bits per heavy atom. The van der Waals surface area contributed by atoms with Gasteiger partial charge in [-0.15, -0.1) is 0 Å². The molecule has 0 spiro atoms. The molecule has 30 heavy (non-hydrogen) atoms. The lowest BCUT2D eigenvalue weighted by molar-refractivity contribution is 0.0738. The van der Waals surface area contributed by atoms with Gasteiger partial charge in [-0.1, -0.05) is 24.3 Å². The van der Waals surface area contributed by atoms with E-state index in [1.165, 1.54) is 35.0 Å².